The topological polar surface area (TPSA) is 57.3 Å². The summed E-state index contributed by atoms with van der Waals surface area (Å²) in [5.74, 6) is 0.586. The number of benzene rings is 1. The van der Waals surface area contributed by atoms with Gasteiger partial charge < -0.3 is 4.74 Å². The molecule has 1 saturated heterocycles. The smallest absolute Gasteiger partial charge is 0.401 e. The van der Waals surface area contributed by atoms with E-state index in [1.807, 2.05) is 19.1 Å². The van der Waals surface area contributed by atoms with Gasteiger partial charge in [-0.3, -0.25) is 24.3 Å². The van der Waals surface area contributed by atoms with E-state index < -0.39 is 18.8 Å². The Morgan fingerprint density at radius 3 is 2.77 bits per heavy atom. The van der Waals surface area contributed by atoms with Crippen molar-refractivity contribution in [1.82, 2.24) is 25.0 Å². The monoisotopic (exact) mass is 491 g/mol. The average Bonchev–Trinajstić information content (AvgIpc) is 3.48. The molecule has 6 nitrogen and oxygen atoms in total. The fourth-order valence-electron chi connectivity index (χ4n) is 5.40. The number of likely N-dealkylation sites (tertiary alicyclic amines) is 1. The van der Waals surface area contributed by atoms with E-state index >= 15 is 0 Å². The van der Waals surface area contributed by atoms with Crippen molar-refractivity contribution in [3.8, 4) is 5.75 Å². The van der Waals surface area contributed by atoms with Crippen LogP contribution in [0.4, 0.5) is 17.6 Å². The maximum Gasteiger partial charge on any atom is 0.401 e. The lowest BCUT2D eigenvalue weighted by Gasteiger charge is -2.42. The van der Waals surface area contributed by atoms with Gasteiger partial charge in [0.25, 0.3) is 0 Å². The van der Waals surface area contributed by atoms with Gasteiger partial charge in [-0.1, -0.05) is 6.07 Å². The number of rotatable bonds is 7. The number of alkyl halides is 4. The molecular weight excluding hydrogens is 462 g/mol. The Balaban J connectivity index is 1.41. The third kappa shape index (κ3) is 5.13. The second-order valence-electron chi connectivity index (χ2n) is 9.50. The minimum Gasteiger partial charge on any atom is -0.487 e. The first-order valence-corrected chi connectivity index (χ1v) is 12.0. The van der Waals surface area contributed by atoms with Gasteiger partial charge in [0, 0.05) is 31.1 Å². The third-order valence-electron chi connectivity index (χ3n) is 7.00. The number of aromatic nitrogens is 3. The van der Waals surface area contributed by atoms with Crippen LogP contribution in [0.3, 0.4) is 0 Å². The van der Waals surface area contributed by atoms with E-state index in [0.717, 1.165) is 41.5 Å². The summed E-state index contributed by atoms with van der Waals surface area (Å²) in [6.07, 6.45) is 0.865. The van der Waals surface area contributed by atoms with E-state index in [0.29, 0.717) is 30.8 Å². The lowest BCUT2D eigenvalue weighted by molar-refractivity contribution is -0.155. The molecule has 188 valence electrons. The summed E-state index contributed by atoms with van der Waals surface area (Å²) < 4.78 is 59.2. The highest BCUT2D eigenvalue weighted by atomic mass is 19.4. The molecule has 1 fully saturated rings. The summed E-state index contributed by atoms with van der Waals surface area (Å²) in [4.78, 5) is 8.24. The van der Waals surface area contributed by atoms with E-state index in [-0.39, 0.29) is 18.8 Å². The lowest BCUT2D eigenvalue weighted by Crippen LogP contribution is -2.47. The van der Waals surface area contributed by atoms with Crippen molar-refractivity contribution in [2.75, 3.05) is 32.9 Å². The van der Waals surface area contributed by atoms with Crippen molar-refractivity contribution in [3.05, 3.63) is 53.5 Å². The van der Waals surface area contributed by atoms with Crippen molar-refractivity contribution in [2.24, 2.45) is 0 Å². The van der Waals surface area contributed by atoms with Crippen LogP contribution in [-0.2, 0) is 6.42 Å². The molecule has 5 rings (SSSR count). The molecule has 0 radical (unpaired) electrons. The highest BCUT2D eigenvalue weighted by Gasteiger charge is 2.41. The molecule has 2 aromatic heterocycles. The Kier molecular flexibility index (Phi) is 6.67. The predicted octanol–water partition coefficient (Wildman–Crippen LogP) is 4.67. The molecule has 2 aliphatic heterocycles. The highest BCUT2D eigenvalue weighted by Crippen LogP contribution is 2.41. The van der Waals surface area contributed by atoms with Gasteiger partial charge in [0.15, 0.2) is 0 Å². The number of pyridine rings is 1. The molecule has 3 aromatic rings. The summed E-state index contributed by atoms with van der Waals surface area (Å²) in [5, 5.41) is 8.00. The first kappa shape index (κ1) is 24.0. The number of nitrogens with zero attached hydrogens (tertiary/aromatic N) is 4. The molecule has 3 atom stereocenters. The van der Waals surface area contributed by atoms with Crippen LogP contribution >= 0.6 is 0 Å². The van der Waals surface area contributed by atoms with E-state index in [9.17, 15) is 17.6 Å². The summed E-state index contributed by atoms with van der Waals surface area (Å²) in [6, 6.07) is 6.33. The van der Waals surface area contributed by atoms with Crippen LogP contribution in [0.25, 0.3) is 10.9 Å². The zero-order valence-electron chi connectivity index (χ0n) is 19.6. The van der Waals surface area contributed by atoms with Gasteiger partial charge in [0.2, 0.25) is 0 Å². The molecule has 0 spiro atoms. The van der Waals surface area contributed by atoms with Gasteiger partial charge in [-0.05, 0) is 55.5 Å². The average molecular weight is 492 g/mol. The molecule has 0 saturated carbocycles. The number of nitrogens with one attached hydrogen (secondary N) is 1. The fourth-order valence-corrected chi connectivity index (χ4v) is 5.40. The molecule has 2 aliphatic rings. The number of H-pyrrole nitrogens is 1. The van der Waals surface area contributed by atoms with Gasteiger partial charge in [0.1, 0.15) is 11.9 Å². The van der Waals surface area contributed by atoms with Crippen molar-refractivity contribution >= 4 is 10.9 Å². The van der Waals surface area contributed by atoms with Crippen molar-refractivity contribution in [1.29, 1.82) is 0 Å². The molecule has 35 heavy (non-hydrogen) atoms. The summed E-state index contributed by atoms with van der Waals surface area (Å²) in [7, 11) is 0. The van der Waals surface area contributed by atoms with Crippen LogP contribution in [-0.4, -0.2) is 76.2 Å². The first-order valence-electron chi connectivity index (χ1n) is 12.0. The highest BCUT2D eigenvalue weighted by molar-refractivity contribution is 5.83. The van der Waals surface area contributed by atoms with Crippen LogP contribution in [0.2, 0.25) is 0 Å². The molecule has 1 aromatic carbocycles. The van der Waals surface area contributed by atoms with Gasteiger partial charge in [0.05, 0.1) is 42.9 Å². The second-order valence-corrected chi connectivity index (χ2v) is 9.50. The van der Waals surface area contributed by atoms with Crippen molar-refractivity contribution in [3.63, 3.8) is 0 Å². The summed E-state index contributed by atoms with van der Waals surface area (Å²) in [5.41, 5.74) is 3.25. The number of fused-ring (bicyclic) bond motifs is 3. The lowest BCUT2D eigenvalue weighted by atomic mass is 9.85. The van der Waals surface area contributed by atoms with Crippen LogP contribution in [0.15, 0.2) is 36.7 Å². The zero-order valence-corrected chi connectivity index (χ0v) is 19.6. The standard InChI is InChI=1S/C25H29F4N5O/c1-16-11-20-19(4-6-22-21(20)13-31-32-22)24(34(16)15-25(27,28)29)23-5-3-17(12-30-23)35-18-7-10-33(14-18)9-2-8-26/h3-6,12-13,16,18,24H,2,7-11,14-15H2,1H3,(H,31,32)/t16-,18+,24+/m1/s1. The minimum atomic E-state index is -4.33. The molecule has 10 heteroatoms. The van der Waals surface area contributed by atoms with Crippen LogP contribution in [0.5, 0.6) is 5.75 Å². The maximum absolute atomic E-state index is 13.6. The van der Waals surface area contributed by atoms with E-state index in [4.69, 9.17) is 4.74 Å². The number of halogens is 4. The number of aromatic amines is 1. The molecular formula is C25H29F4N5O. The molecule has 0 unspecified atom stereocenters. The number of ether oxygens (including phenoxy) is 1. The minimum absolute atomic E-state index is 0.00575. The van der Waals surface area contributed by atoms with Gasteiger partial charge in [-0.15, -0.1) is 0 Å². The Morgan fingerprint density at radius 1 is 1.17 bits per heavy atom. The van der Waals surface area contributed by atoms with Crippen LogP contribution in [0.1, 0.15) is 42.6 Å². The Labute approximate surface area is 201 Å². The Morgan fingerprint density at radius 2 is 2.03 bits per heavy atom. The van der Waals surface area contributed by atoms with Crippen molar-refractivity contribution in [2.45, 2.75) is 50.6 Å². The number of hydrogen-bond donors (Lipinski definition) is 1. The largest absolute Gasteiger partial charge is 0.487 e. The molecule has 0 bridgehead atoms. The normalized spacial score (nSPS) is 23.6. The van der Waals surface area contributed by atoms with Gasteiger partial charge >= 0.3 is 6.18 Å². The van der Waals surface area contributed by atoms with Crippen LogP contribution in [0, 0.1) is 0 Å². The van der Waals surface area contributed by atoms with Gasteiger partial charge in [-0.2, -0.15) is 18.3 Å². The molecule has 0 amide bonds. The molecule has 4 heterocycles. The Hall–Kier alpha value is -2.72. The third-order valence-corrected chi connectivity index (χ3v) is 7.00. The fraction of sp³-hybridized carbons (Fsp3) is 0.520. The van der Waals surface area contributed by atoms with Crippen LogP contribution < -0.4 is 4.74 Å². The quantitative estimate of drug-likeness (QED) is 0.487. The zero-order chi connectivity index (χ0) is 24.6. The van der Waals surface area contributed by atoms with Crippen molar-refractivity contribution < 1.29 is 22.3 Å². The summed E-state index contributed by atoms with van der Waals surface area (Å²) >= 11 is 0. The number of hydrogen-bond acceptors (Lipinski definition) is 5. The maximum atomic E-state index is 13.6. The van der Waals surface area contributed by atoms with E-state index in [1.165, 1.54) is 4.90 Å². The molecule has 1 N–H and O–H groups in total. The predicted molar refractivity (Wildman–Crippen MR) is 124 cm³/mol. The van der Waals surface area contributed by atoms with E-state index in [1.54, 1.807) is 24.5 Å². The Bertz CT molecular complexity index is 1150. The second kappa shape index (κ2) is 9.73. The first-order chi connectivity index (χ1) is 16.8. The molecule has 0 aliphatic carbocycles. The summed E-state index contributed by atoms with van der Waals surface area (Å²) in [6.45, 7) is 2.79. The SMILES string of the molecule is C[C@@H]1Cc2c(ccc3[nH]ncc23)[C@@H](c2ccc(O[C@H]3CCN(CCCF)C3)cn2)N1CC(F)(F)F. The van der Waals surface area contributed by atoms with E-state index in [2.05, 4.69) is 20.1 Å². The van der Waals surface area contributed by atoms with Gasteiger partial charge in [-0.25, -0.2) is 0 Å².